The maximum atomic E-state index is 13.3. The van der Waals surface area contributed by atoms with Gasteiger partial charge in [-0.15, -0.1) is 0 Å². The second kappa shape index (κ2) is 7.64. The number of likely N-dealkylation sites (tertiary alicyclic amines) is 1. The van der Waals surface area contributed by atoms with Gasteiger partial charge in [0.2, 0.25) is 5.91 Å². The van der Waals surface area contributed by atoms with Crippen LogP contribution >= 0.6 is 0 Å². The third-order valence-corrected chi connectivity index (χ3v) is 6.76. The number of benzene rings is 3. The highest BCUT2D eigenvalue weighted by molar-refractivity contribution is 5.85. The van der Waals surface area contributed by atoms with Crippen LogP contribution in [0.2, 0.25) is 0 Å². The normalized spacial score (nSPS) is 21.4. The molecule has 148 valence electrons. The number of fused-ring (bicyclic) bond motifs is 2. The van der Waals surface area contributed by atoms with E-state index in [1.165, 1.54) is 34.7 Å². The van der Waals surface area contributed by atoms with Crippen molar-refractivity contribution in [2.45, 2.75) is 37.8 Å². The second-order valence-electron chi connectivity index (χ2n) is 8.52. The first-order valence-electron chi connectivity index (χ1n) is 10.8. The molecule has 1 saturated heterocycles. The first-order chi connectivity index (χ1) is 14.2. The SMILES string of the molecule is CN(C(=O)Cc1ccc2ccccc2c1)[C@@H]1c2ccccc2C[C@H]1N1CCCC1. The predicted molar refractivity (Wildman–Crippen MR) is 118 cm³/mol. The lowest BCUT2D eigenvalue weighted by molar-refractivity contribution is -0.132. The summed E-state index contributed by atoms with van der Waals surface area (Å²) in [6.07, 6.45) is 4.05. The van der Waals surface area contributed by atoms with Gasteiger partial charge in [0.25, 0.3) is 0 Å². The summed E-state index contributed by atoms with van der Waals surface area (Å²) in [7, 11) is 2.00. The number of carbonyl (C=O) groups excluding carboxylic acids is 1. The van der Waals surface area contributed by atoms with Gasteiger partial charge < -0.3 is 4.90 Å². The molecule has 0 spiro atoms. The Labute approximate surface area is 172 Å². The summed E-state index contributed by atoms with van der Waals surface area (Å²) in [5.41, 5.74) is 3.82. The zero-order valence-electron chi connectivity index (χ0n) is 17.1. The Bertz CT molecular complexity index is 1040. The number of hydrogen-bond acceptors (Lipinski definition) is 2. The molecule has 3 nitrogen and oxygen atoms in total. The lowest BCUT2D eigenvalue weighted by atomic mass is 10.0. The van der Waals surface area contributed by atoms with E-state index in [0.29, 0.717) is 12.5 Å². The van der Waals surface area contributed by atoms with Crippen LogP contribution in [0.3, 0.4) is 0 Å². The highest BCUT2D eigenvalue weighted by Crippen LogP contribution is 2.39. The fraction of sp³-hybridized carbons (Fsp3) is 0.346. The van der Waals surface area contributed by atoms with Gasteiger partial charge in [-0.25, -0.2) is 0 Å². The van der Waals surface area contributed by atoms with E-state index in [2.05, 4.69) is 71.6 Å². The lowest BCUT2D eigenvalue weighted by Crippen LogP contribution is -2.44. The van der Waals surface area contributed by atoms with Gasteiger partial charge in [0.15, 0.2) is 0 Å². The molecule has 0 radical (unpaired) electrons. The summed E-state index contributed by atoms with van der Waals surface area (Å²) in [5, 5.41) is 2.41. The van der Waals surface area contributed by atoms with Crippen LogP contribution in [-0.4, -0.2) is 41.9 Å². The average molecular weight is 385 g/mol. The standard InChI is InChI=1S/C26H28N2O/c1-27(25(29)17-19-12-13-20-8-2-3-9-21(20)16-19)26-23-11-5-4-10-22(23)18-24(26)28-14-6-7-15-28/h2-5,8-13,16,24,26H,6-7,14-15,17-18H2,1H3/t24-,26-/m1/s1. The minimum absolute atomic E-state index is 0.150. The minimum Gasteiger partial charge on any atom is -0.337 e. The molecule has 29 heavy (non-hydrogen) atoms. The van der Waals surface area contributed by atoms with Gasteiger partial charge in [-0.1, -0.05) is 66.7 Å². The van der Waals surface area contributed by atoms with Crippen molar-refractivity contribution in [2.24, 2.45) is 0 Å². The maximum Gasteiger partial charge on any atom is 0.227 e. The molecule has 2 aliphatic rings. The molecule has 3 aromatic carbocycles. The van der Waals surface area contributed by atoms with Gasteiger partial charge in [0.05, 0.1) is 12.5 Å². The van der Waals surface area contributed by atoms with Crippen molar-refractivity contribution in [3.63, 3.8) is 0 Å². The lowest BCUT2D eigenvalue weighted by Gasteiger charge is -2.35. The molecule has 0 N–H and O–H groups in total. The highest BCUT2D eigenvalue weighted by Gasteiger charge is 2.40. The maximum absolute atomic E-state index is 13.3. The molecule has 1 aliphatic carbocycles. The molecule has 3 heteroatoms. The molecule has 1 amide bonds. The third-order valence-electron chi connectivity index (χ3n) is 6.76. The Hall–Kier alpha value is -2.65. The van der Waals surface area contributed by atoms with E-state index in [4.69, 9.17) is 0 Å². The number of nitrogens with zero attached hydrogens (tertiary/aromatic N) is 2. The average Bonchev–Trinajstić information content (AvgIpc) is 3.40. The number of hydrogen-bond donors (Lipinski definition) is 0. The molecule has 3 aromatic rings. The summed E-state index contributed by atoms with van der Waals surface area (Å²) >= 11 is 0. The van der Waals surface area contributed by atoms with Crippen molar-refractivity contribution in [3.8, 4) is 0 Å². The van der Waals surface area contributed by atoms with Crippen molar-refractivity contribution in [3.05, 3.63) is 83.4 Å². The van der Waals surface area contributed by atoms with Crippen LogP contribution in [-0.2, 0) is 17.6 Å². The quantitative estimate of drug-likeness (QED) is 0.656. The van der Waals surface area contributed by atoms with Crippen molar-refractivity contribution >= 4 is 16.7 Å². The fourth-order valence-corrected chi connectivity index (χ4v) is 5.22. The van der Waals surface area contributed by atoms with Crippen LogP contribution in [0.1, 0.15) is 35.6 Å². The van der Waals surface area contributed by atoms with E-state index < -0.39 is 0 Å². The van der Waals surface area contributed by atoms with Crippen LogP contribution in [0.4, 0.5) is 0 Å². The van der Waals surface area contributed by atoms with Crippen molar-refractivity contribution in [1.82, 2.24) is 9.80 Å². The van der Waals surface area contributed by atoms with Crippen LogP contribution in [0.5, 0.6) is 0 Å². The molecule has 5 rings (SSSR count). The molecule has 0 unspecified atom stereocenters. The fourth-order valence-electron chi connectivity index (χ4n) is 5.22. The van der Waals surface area contributed by atoms with Crippen molar-refractivity contribution < 1.29 is 4.79 Å². The van der Waals surface area contributed by atoms with Crippen LogP contribution in [0.25, 0.3) is 10.8 Å². The largest absolute Gasteiger partial charge is 0.337 e. The van der Waals surface area contributed by atoms with Crippen molar-refractivity contribution in [1.29, 1.82) is 0 Å². The second-order valence-corrected chi connectivity index (χ2v) is 8.52. The first kappa shape index (κ1) is 18.4. The van der Waals surface area contributed by atoms with Crippen LogP contribution < -0.4 is 0 Å². The smallest absolute Gasteiger partial charge is 0.227 e. The summed E-state index contributed by atoms with van der Waals surface area (Å²) in [6.45, 7) is 2.31. The van der Waals surface area contributed by atoms with Gasteiger partial charge >= 0.3 is 0 Å². The molecule has 1 fully saturated rings. The van der Waals surface area contributed by atoms with Gasteiger partial charge in [-0.2, -0.15) is 0 Å². The monoisotopic (exact) mass is 384 g/mol. The van der Waals surface area contributed by atoms with Crippen molar-refractivity contribution in [2.75, 3.05) is 20.1 Å². The van der Waals surface area contributed by atoms with Gasteiger partial charge in [0.1, 0.15) is 0 Å². The summed E-state index contributed by atoms with van der Waals surface area (Å²) in [6, 6.07) is 23.9. The summed E-state index contributed by atoms with van der Waals surface area (Å²) in [5.74, 6) is 0.200. The summed E-state index contributed by atoms with van der Waals surface area (Å²) in [4.78, 5) is 17.9. The Morgan fingerprint density at radius 3 is 2.52 bits per heavy atom. The molecule has 1 heterocycles. The molecule has 0 aromatic heterocycles. The Morgan fingerprint density at radius 2 is 1.69 bits per heavy atom. The predicted octanol–water partition coefficient (Wildman–Crippen LogP) is 4.60. The zero-order chi connectivity index (χ0) is 19.8. The Balaban J connectivity index is 1.40. The number of likely N-dealkylation sites (N-methyl/N-ethyl adjacent to an activating group) is 1. The highest BCUT2D eigenvalue weighted by atomic mass is 16.2. The van der Waals surface area contributed by atoms with Crippen LogP contribution in [0, 0.1) is 0 Å². The molecule has 0 saturated carbocycles. The van der Waals surface area contributed by atoms with E-state index in [1.54, 1.807) is 0 Å². The van der Waals surface area contributed by atoms with Gasteiger partial charge in [-0.3, -0.25) is 9.69 Å². The molecule has 1 aliphatic heterocycles. The van der Waals surface area contributed by atoms with E-state index in [-0.39, 0.29) is 11.9 Å². The van der Waals surface area contributed by atoms with Crippen LogP contribution in [0.15, 0.2) is 66.7 Å². The number of carbonyl (C=O) groups is 1. The first-order valence-corrected chi connectivity index (χ1v) is 10.8. The van der Waals surface area contributed by atoms with E-state index in [9.17, 15) is 4.79 Å². The molecule has 2 atom stereocenters. The third kappa shape index (κ3) is 3.44. The molecular weight excluding hydrogens is 356 g/mol. The Morgan fingerprint density at radius 1 is 0.966 bits per heavy atom. The topological polar surface area (TPSA) is 23.6 Å². The van der Waals surface area contributed by atoms with Gasteiger partial charge in [0, 0.05) is 13.1 Å². The van der Waals surface area contributed by atoms with E-state index in [0.717, 1.165) is 25.1 Å². The molecule has 0 bridgehead atoms. The molecular formula is C26H28N2O. The van der Waals surface area contributed by atoms with E-state index in [1.807, 2.05) is 11.9 Å². The minimum atomic E-state index is 0.150. The number of rotatable bonds is 4. The summed E-state index contributed by atoms with van der Waals surface area (Å²) < 4.78 is 0. The van der Waals surface area contributed by atoms with Gasteiger partial charge in [-0.05, 0) is 59.8 Å². The van der Waals surface area contributed by atoms with E-state index >= 15 is 0 Å². The Kier molecular flexibility index (Phi) is 4.84. The number of amides is 1. The zero-order valence-corrected chi connectivity index (χ0v) is 17.1.